The molecule has 4 heteroatoms. The van der Waals surface area contributed by atoms with Crippen LogP contribution in [0.3, 0.4) is 0 Å². The molecular weight excluding hydrogens is 192 g/mol. The third-order valence-corrected chi connectivity index (χ3v) is 2.98. The zero-order valence-corrected chi connectivity index (χ0v) is 9.66. The maximum atomic E-state index is 11.6. The van der Waals surface area contributed by atoms with Crippen molar-refractivity contribution in [1.29, 1.82) is 0 Å². The van der Waals surface area contributed by atoms with E-state index in [1.165, 1.54) is 0 Å². The van der Waals surface area contributed by atoms with Gasteiger partial charge in [-0.15, -0.1) is 0 Å². The summed E-state index contributed by atoms with van der Waals surface area (Å²) >= 11 is 0. The lowest BCUT2D eigenvalue weighted by atomic mass is 10.00. The van der Waals surface area contributed by atoms with Gasteiger partial charge in [-0.3, -0.25) is 4.79 Å². The van der Waals surface area contributed by atoms with E-state index in [1.807, 2.05) is 13.8 Å². The molecule has 1 aliphatic rings. The van der Waals surface area contributed by atoms with Crippen molar-refractivity contribution < 1.29 is 9.53 Å². The molecule has 4 nitrogen and oxygen atoms in total. The summed E-state index contributed by atoms with van der Waals surface area (Å²) < 4.78 is 5.29. The van der Waals surface area contributed by atoms with Crippen LogP contribution < -0.4 is 11.1 Å². The minimum atomic E-state index is -0.361. The highest BCUT2D eigenvalue weighted by Gasteiger charge is 2.24. The van der Waals surface area contributed by atoms with E-state index in [0.717, 1.165) is 32.5 Å². The van der Waals surface area contributed by atoms with Gasteiger partial charge in [-0.2, -0.15) is 0 Å². The quantitative estimate of drug-likeness (QED) is 0.706. The Morgan fingerprint density at radius 2 is 2.40 bits per heavy atom. The summed E-state index contributed by atoms with van der Waals surface area (Å²) in [5.41, 5.74) is 5.73. The number of rotatable bonds is 5. The van der Waals surface area contributed by atoms with Crippen LogP contribution in [-0.2, 0) is 9.53 Å². The minimum absolute atomic E-state index is 0.0312. The molecule has 3 N–H and O–H groups in total. The maximum absolute atomic E-state index is 11.6. The fourth-order valence-electron chi connectivity index (χ4n) is 1.84. The largest absolute Gasteiger partial charge is 0.381 e. The second-order valence-corrected chi connectivity index (χ2v) is 4.32. The molecule has 0 bridgehead atoms. The summed E-state index contributed by atoms with van der Waals surface area (Å²) in [5, 5.41) is 2.96. The fraction of sp³-hybridized carbons (Fsp3) is 0.909. The van der Waals surface area contributed by atoms with Crippen LogP contribution in [0.15, 0.2) is 0 Å². The number of ether oxygens (including phenoxy) is 1. The molecule has 1 rings (SSSR count). The van der Waals surface area contributed by atoms with Crippen LogP contribution in [0.4, 0.5) is 0 Å². The van der Waals surface area contributed by atoms with E-state index < -0.39 is 0 Å². The summed E-state index contributed by atoms with van der Waals surface area (Å²) in [6, 6.07) is -0.192. The summed E-state index contributed by atoms with van der Waals surface area (Å²) in [6.07, 6.45) is 2.72. The van der Waals surface area contributed by atoms with Crippen molar-refractivity contribution in [2.75, 3.05) is 13.2 Å². The van der Waals surface area contributed by atoms with Crippen LogP contribution in [0.5, 0.6) is 0 Å². The highest BCUT2D eigenvalue weighted by molar-refractivity contribution is 5.81. The molecule has 0 aromatic rings. The minimum Gasteiger partial charge on any atom is -0.381 e. The number of carbonyl (C=O) groups excluding carboxylic acids is 1. The van der Waals surface area contributed by atoms with Crippen molar-refractivity contribution in [3.8, 4) is 0 Å². The molecular formula is C11H22N2O2. The van der Waals surface area contributed by atoms with Crippen LogP contribution in [0.1, 0.15) is 33.1 Å². The van der Waals surface area contributed by atoms with Crippen molar-refractivity contribution in [1.82, 2.24) is 5.32 Å². The van der Waals surface area contributed by atoms with Crippen LogP contribution in [0, 0.1) is 5.92 Å². The van der Waals surface area contributed by atoms with Gasteiger partial charge in [0.15, 0.2) is 0 Å². The average Bonchev–Trinajstić information content (AvgIpc) is 2.70. The fourth-order valence-corrected chi connectivity index (χ4v) is 1.84. The van der Waals surface area contributed by atoms with Gasteiger partial charge in [0, 0.05) is 18.6 Å². The Bertz CT molecular complexity index is 203. The number of hydrogen-bond donors (Lipinski definition) is 2. The molecule has 0 aliphatic carbocycles. The van der Waals surface area contributed by atoms with Gasteiger partial charge in [0.1, 0.15) is 0 Å². The van der Waals surface area contributed by atoms with Crippen molar-refractivity contribution in [2.45, 2.75) is 45.2 Å². The van der Waals surface area contributed by atoms with E-state index in [2.05, 4.69) is 5.32 Å². The topological polar surface area (TPSA) is 64.4 Å². The van der Waals surface area contributed by atoms with Crippen LogP contribution in [-0.4, -0.2) is 31.2 Å². The standard InChI is InChI=1S/C11H22N2O2/c1-3-4-10(12)11(14)13-8(2)9-5-6-15-7-9/h8-10H,3-7,12H2,1-2H3,(H,13,14). The molecule has 88 valence electrons. The molecule has 0 aromatic heterocycles. The number of nitrogens with two attached hydrogens (primary N) is 1. The first-order valence-corrected chi connectivity index (χ1v) is 5.78. The van der Waals surface area contributed by atoms with Crippen molar-refractivity contribution in [3.05, 3.63) is 0 Å². The molecule has 0 radical (unpaired) electrons. The predicted molar refractivity (Wildman–Crippen MR) is 59.4 cm³/mol. The molecule has 15 heavy (non-hydrogen) atoms. The summed E-state index contributed by atoms with van der Waals surface area (Å²) in [7, 11) is 0. The van der Waals surface area contributed by atoms with E-state index in [1.54, 1.807) is 0 Å². The lowest BCUT2D eigenvalue weighted by molar-refractivity contribution is -0.123. The van der Waals surface area contributed by atoms with Gasteiger partial charge in [-0.05, 0) is 19.8 Å². The van der Waals surface area contributed by atoms with Crippen molar-refractivity contribution >= 4 is 5.91 Å². The van der Waals surface area contributed by atoms with E-state index in [4.69, 9.17) is 10.5 Å². The van der Waals surface area contributed by atoms with Crippen LogP contribution in [0.25, 0.3) is 0 Å². The molecule has 0 aromatic carbocycles. The number of amides is 1. The third-order valence-electron chi connectivity index (χ3n) is 2.98. The van der Waals surface area contributed by atoms with Crippen LogP contribution >= 0.6 is 0 Å². The van der Waals surface area contributed by atoms with E-state index in [9.17, 15) is 4.79 Å². The zero-order chi connectivity index (χ0) is 11.3. The molecule has 1 fully saturated rings. The van der Waals surface area contributed by atoms with E-state index in [-0.39, 0.29) is 18.0 Å². The van der Waals surface area contributed by atoms with Gasteiger partial charge in [0.2, 0.25) is 5.91 Å². The molecule has 1 saturated heterocycles. The summed E-state index contributed by atoms with van der Waals surface area (Å²) in [6.45, 7) is 5.62. The number of hydrogen-bond acceptors (Lipinski definition) is 3. The van der Waals surface area contributed by atoms with Gasteiger partial charge in [0.25, 0.3) is 0 Å². The second-order valence-electron chi connectivity index (χ2n) is 4.32. The van der Waals surface area contributed by atoms with Crippen molar-refractivity contribution in [3.63, 3.8) is 0 Å². The molecule has 1 heterocycles. The first kappa shape index (κ1) is 12.5. The Morgan fingerprint density at radius 3 is 2.93 bits per heavy atom. The smallest absolute Gasteiger partial charge is 0.237 e. The van der Waals surface area contributed by atoms with Gasteiger partial charge in [0.05, 0.1) is 12.6 Å². The zero-order valence-electron chi connectivity index (χ0n) is 9.66. The molecule has 1 aliphatic heterocycles. The highest BCUT2D eigenvalue weighted by atomic mass is 16.5. The first-order chi connectivity index (χ1) is 7.15. The molecule has 0 spiro atoms. The SMILES string of the molecule is CCCC(N)C(=O)NC(C)C1CCOC1. The molecule has 0 saturated carbocycles. The Kier molecular flexibility index (Phi) is 5.05. The van der Waals surface area contributed by atoms with Gasteiger partial charge in [-0.25, -0.2) is 0 Å². The lowest BCUT2D eigenvalue weighted by Crippen LogP contribution is -2.46. The van der Waals surface area contributed by atoms with Crippen molar-refractivity contribution in [2.24, 2.45) is 11.7 Å². The summed E-state index contributed by atoms with van der Waals surface area (Å²) in [4.78, 5) is 11.6. The molecule has 1 amide bonds. The normalized spacial score (nSPS) is 24.9. The monoisotopic (exact) mass is 214 g/mol. The van der Waals surface area contributed by atoms with E-state index in [0.29, 0.717) is 5.92 Å². The Hall–Kier alpha value is -0.610. The Morgan fingerprint density at radius 1 is 1.67 bits per heavy atom. The predicted octanol–water partition coefficient (Wildman–Crippen LogP) is 0.655. The average molecular weight is 214 g/mol. The second kappa shape index (κ2) is 6.08. The highest BCUT2D eigenvalue weighted by Crippen LogP contribution is 2.16. The Balaban J connectivity index is 2.29. The number of carbonyl (C=O) groups is 1. The van der Waals surface area contributed by atoms with Gasteiger partial charge in [-0.1, -0.05) is 13.3 Å². The van der Waals surface area contributed by atoms with E-state index >= 15 is 0 Å². The van der Waals surface area contributed by atoms with Gasteiger partial charge >= 0.3 is 0 Å². The van der Waals surface area contributed by atoms with Gasteiger partial charge < -0.3 is 15.8 Å². The molecule has 3 atom stereocenters. The summed E-state index contributed by atoms with van der Waals surface area (Å²) in [5.74, 6) is 0.416. The first-order valence-electron chi connectivity index (χ1n) is 5.78. The molecule has 3 unspecified atom stereocenters. The lowest BCUT2D eigenvalue weighted by Gasteiger charge is -2.21. The van der Waals surface area contributed by atoms with Crippen LogP contribution in [0.2, 0.25) is 0 Å². The maximum Gasteiger partial charge on any atom is 0.237 e. The Labute approximate surface area is 91.5 Å². The third kappa shape index (κ3) is 3.80. The number of nitrogens with one attached hydrogen (secondary N) is 1.